The number of likely N-dealkylation sites (tertiary alicyclic amines) is 1. The van der Waals surface area contributed by atoms with Crippen LogP contribution in [0.5, 0.6) is 0 Å². The molecule has 3 heterocycles. The topological polar surface area (TPSA) is 9.72 Å². The summed E-state index contributed by atoms with van der Waals surface area (Å²) in [6.07, 6.45) is 5.76. The quantitative estimate of drug-likeness (QED) is 0.438. The Morgan fingerprint density at radius 1 is 0.889 bits per heavy atom. The molecule has 192 valence electrons. The van der Waals surface area contributed by atoms with E-state index in [2.05, 4.69) is 65.6 Å². The summed E-state index contributed by atoms with van der Waals surface area (Å²) in [5.41, 5.74) is 8.12. The third-order valence-electron chi connectivity index (χ3n) is 8.25. The Bertz CT molecular complexity index is 1110. The van der Waals surface area contributed by atoms with E-state index in [0.717, 1.165) is 33.2 Å². The van der Waals surface area contributed by atoms with Gasteiger partial charge in [-0.2, -0.15) is 0 Å². The van der Waals surface area contributed by atoms with Gasteiger partial charge in [-0.25, -0.2) is 4.39 Å². The fourth-order valence-electron chi connectivity index (χ4n) is 6.18. The maximum absolute atomic E-state index is 13.6. The second-order valence-electron chi connectivity index (χ2n) is 11.0. The zero-order valence-corrected chi connectivity index (χ0v) is 23.1. The van der Waals surface area contributed by atoms with E-state index in [1.54, 1.807) is 6.07 Å². The standard InChI is InChI=1S/C31H41FN3P/c1-23-7-8-28(24(2)17-23)21-33-11-9-30(10-12-33)34-13-15-35(16-14-34)31-25(3)18-27(22-36-31)19-26-5-4-6-29(32)20-26/h4-8,17-18,20,22,30-31,36H,9-16,19,21H2,1-3H3. The summed E-state index contributed by atoms with van der Waals surface area (Å²) >= 11 is 0. The second-order valence-corrected chi connectivity index (χ2v) is 12.2. The summed E-state index contributed by atoms with van der Waals surface area (Å²) in [7, 11) is 0.789. The number of piperazine rings is 1. The van der Waals surface area contributed by atoms with Gasteiger partial charge in [0.1, 0.15) is 5.82 Å². The number of piperidine rings is 1. The largest absolute Gasteiger partial charge is 0.299 e. The maximum atomic E-state index is 13.6. The molecular formula is C31H41FN3P. The summed E-state index contributed by atoms with van der Waals surface area (Å²) in [4.78, 5) is 8.11. The monoisotopic (exact) mass is 505 g/mol. The van der Waals surface area contributed by atoms with Gasteiger partial charge in [0, 0.05) is 38.8 Å². The molecule has 2 unspecified atom stereocenters. The van der Waals surface area contributed by atoms with Crippen molar-refractivity contribution in [2.45, 2.75) is 58.4 Å². The first-order valence-corrected chi connectivity index (χ1v) is 14.7. The lowest BCUT2D eigenvalue weighted by Gasteiger charge is -2.45. The van der Waals surface area contributed by atoms with Gasteiger partial charge in [-0.1, -0.05) is 61.9 Å². The van der Waals surface area contributed by atoms with E-state index in [1.165, 1.54) is 86.0 Å². The minimum absolute atomic E-state index is 0.144. The van der Waals surface area contributed by atoms with Crippen molar-refractivity contribution < 1.29 is 4.39 Å². The van der Waals surface area contributed by atoms with E-state index >= 15 is 0 Å². The molecule has 0 aliphatic carbocycles. The first kappa shape index (κ1) is 25.8. The zero-order chi connectivity index (χ0) is 25.1. The number of hydrogen-bond acceptors (Lipinski definition) is 3. The predicted octanol–water partition coefficient (Wildman–Crippen LogP) is 6.12. The first-order chi connectivity index (χ1) is 17.4. The van der Waals surface area contributed by atoms with Crippen LogP contribution in [0.1, 0.15) is 42.0 Å². The van der Waals surface area contributed by atoms with Crippen LogP contribution < -0.4 is 0 Å². The van der Waals surface area contributed by atoms with Gasteiger partial charge in [0.15, 0.2) is 0 Å². The van der Waals surface area contributed by atoms with E-state index in [9.17, 15) is 4.39 Å². The molecule has 2 atom stereocenters. The molecule has 0 spiro atoms. The smallest absolute Gasteiger partial charge is 0.123 e. The van der Waals surface area contributed by atoms with Crippen molar-refractivity contribution >= 4 is 8.58 Å². The van der Waals surface area contributed by atoms with E-state index in [0.29, 0.717) is 5.78 Å². The van der Waals surface area contributed by atoms with Gasteiger partial charge in [0.2, 0.25) is 0 Å². The van der Waals surface area contributed by atoms with Gasteiger partial charge in [-0.15, -0.1) is 0 Å². The van der Waals surface area contributed by atoms with Crippen molar-refractivity contribution in [2.75, 3.05) is 39.3 Å². The number of allylic oxidation sites excluding steroid dienone is 2. The van der Waals surface area contributed by atoms with Crippen LogP contribution in [0.15, 0.2) is 65.5 Å². The predicted molar refractivity (Wildman–Crippen MR) is 151 cm³/mol. The maximum Gasteiger partial charge on any atom is 0.123 e. The highest BCUT2D eigenvalue weighted by Crippen LogP contribution is 2.37. The number of halogens is 1. The third kappa shape index (κ3) is 6.34. The minimum atomic E-state index is -0.144. The van der Waals surface area contributed by atoms with Crippen LogP contribution in [-0.2, 0) is 13.0 Å². The summed E-state index contributed by atoms with van der Waals surface area (Å²) in [5.74, 6) is 2.80. The summed E-state index contributed by atoms with van der Waals surface area (Å²) < 4.78 is 13.6. The Kier molecular flexibility index (Phi) is 8.38. The lowest BCUT2D eigenvalue weighted by atomic mass is 10.00. The normalized spacial score (nSPS) is 23.6. The average molecular weight is 506 g/mol. The van der Waals surface area contributed by atoms with E-state index in [-0.39, 0.29) is 5.82 Å². The van der Waals surface area contributed by atoms with Crippen molar-refractivity contribution in [3.63, 3.8) is 0 Å². The number of rotatable bonds is 6. The van der Waals surface area contributed by atoms with Gasteiger partial charge in [-0.3, -0.25) is 14.7 Å². The number of benzene rings is 2. The average Bonchev–Trinajstić information content (AvgIpc) is 2.87. The third-order valence-corrected chi connectivity index (χ3v) is 9.92. The van der Waals surface area contributed by atoms with Crippen LogP contribution in [0.3, 0.4) is 0 Å². The molecular weight excluding hydrogens is 464 g/mol. The van der Waals surface area contributed by atoms with Crippen LogP contribution in [0, 0.1) is 19.7 Å². The number of hydrogen-bond donors (Lipinski definition) is 0. The van der Waals surface area contributed by atoms with Crippen LogP contribution in [0.25, 0.3) is 0 Å². The lowest BCUT2D eigenvalue weighted by Crippen LogP contribution is -2.54. The molecule has 36 heavy (non-hydrogen) atoms. The summed E-state index contributed by atoms with van der Waals surface area (Å²) in [6.45, 7) is 14.9. The van der Waals surface area contributed by atoms with E-state index in [1.807, 2.05) is 12.1 Å². The summed E-state index contributed by atoms with van der Waals surface area (Å²) in [6, 6.07) is 14.6. The Morgan fingerprint density at radius 2 is 1.64 bits per heavy atom. The van der Waals surface area contributed by atoms with Crippen LogP contribution in [0.2, 0.25) is 0 Å². The van der Waals surface area contributed by atoms with Gasteiger partial charge in [0.05, 0.1) is 5.78 Å². The molecule has 0 N–H and O–H groups in total. The molecule has 2 aromatic rings. The molecule has 5 heteroatoms. The number of nitrogens with zero attached hydrogens (tertiary/aromatic N) is 3. The SMILES string of the molecule is CC1=CC(Cc2cccc(F)c2)=CPC1N1CCN(C2CCN(Cc3ccc(C)cc3C)CC2)CC1. The van der Waals surface area contributed by atoms with Crippen molar-refractivity contribution in [3.05, 3.63) is 93.6 Å². The fraction of sp³-hybridized carbons (Fsp3) is 0.484. The van der Waals surface area contributed by atoms with E-state index in [4.69, 9.17) is 0 Å². The van der Waals surface area contributed by atoms with Crippen LogP contribution in [0.4, 0.5) is 4.39 Å². The van der Waals surface area contributed by atoms with Crippen LogP contribution >= 0.6 is 8.58 Å². The molecule has 2 saturated heterocycles. The van der Waals surface area contributed by atoms with Crippen molar-refractivity contribution in [1.82, 2.24) is 14.7 Å². The molecule has 0 bridgehead atoms. The molecule has 3 aliphatic rings. The number of aryl methyl sites for hydroxylation is 2. The van der Waals surface area contributed by atoms with Gasteiger partial charge in [0.25, 0.3) is 0 Å². The van der Waals surface area contributed by atoms with E-state index < -0.39 is 0 Å². The molecule has 0 saturated carbocycles. The molecule has 5 rings (SSSR count). The molecule has 0 aromatic heterocycles. The molecule has 0 radical (unpaired) electrons. The van der Waals surface area contributed by atoms with Crippen molar-refractivity contribution in [2.24, 2.45) is 0 Å². The van der Waals surface area contributed by atoms with Crippen molar-refractivity contribution in [1.29, 1.82) is 0 Å². The molecule has 2 aromatic carbocycles. The molecule has 3 nitrogen and oxygen atoms in total. The molecule has 3 aliphatic heterocycles. The van der Waals surface area contributed by atoms with Crippen molar-refractivity contribution in [3.8, 4) is 0 Å². The second kappa shape index (κ2) is 11.7. The van der Waals surface area contributed by atoms with Gasteiger partial charge in [-0.05, 0) is 87.5 Å². The molecule has 0 amide bonds. The zero-order valence-electron chi connectivity index (χ0n) is 22.1. The Morgan fingerprint density at radius 3 is 2.33 bits per heavy atom. The van der Waals surface area contributed by atoms with Gasteiger partial charge >= 0.3 is 0 Å². The highest BCUT2D eigenvalue weighted by atomic mass is 31.1. The lowest BCUT2D eigenvalue weighted by molar-refractivity contribution is 0.0568. The Hall–Kier alpha value is -1.84. The van der Waals surface area contributed by atoms with Crippen LogP contribution in [-0.4, -0.2) is 65.8 Å². The Balaban J connectivity index is 1.07. The highest BCUT2D eigenvalue weighted by molar-refractivity contribution is 7.42. The van der Waals surface area contributed by atoms with Gasteiger partial charge < -0.3 is 0 Å². The Labute approximate surface area is 218 Å². The summed E-state index contributed by atoms with van der Waals surface area (Å²) in [5, 5.41) is 0. The fourth-order valence-corrected chi connectivity index (χ4v) is 7.55. The first-order valence-electron chi connectivity index (χ1n) is 13.6. The highest BCUT2D eigenvalue weighted by Gasteiger charge is 2.30. The minimum Gasteiger partial charge on any atom is -0.299 e. The molecule has 2 fully saturated rings.